The molecule has 1 saturated heterocycles. The van der Waals surface area contributed by atoms with Crippen molar-refractivity contribution in [2.24, 2.45) is 7.05 Å². The second-order valence-electron chi connectivity index (χ2n) is 5.93. The number of fused-ring (bicyclic) bond motifs is 1. The average molecular weight is 309 g/mol. The van der Waals surface area contributed by atoms with Crippen molar-refractivity contribution >= 4 is 22.6 Å². The van der Waals surface area contributed by atoms with Crippen LogP contribution in [0.3, 0.4) is 0 Å². The van der Waals surface area contributed by atoms with Crippen LogP contribution in [-0.2, 0) is 13.6 Å². The molecule has 0 bridgehead atoms. The lowest BCUT2D eigenvalue weighted by Crippen LogP contribution is -2.44. The molecule has 7 heteroatoms. The van der Waals surface area contributed by atoms with E-state index in [4.69, 9.17) is 11.6 Å². The zero-order valence-electron chi connectivity index (χ0n) is 12.8. The second kappa shape index (κ2) is 5.87. The third kappa shape index (κ3) is 3.02. The van der Waals surface area contributed by atoms with Crippen LogP contribution in [0.4, 0.5) is 0 Å². The van der Waals surface area contributed by atoms with Crippen LogP contribution in [0.25, 0.3) is 11.0 Å². The van der Waals surface area contributed by atoms with E-state index in [1.807, 2.05) is 7.05 Å². The van der Waals surface area contributed by atoms with E-state index >= 15 is 0 Å². The van der Waals surface area contributed by atoms with Crippen LogP contribution in [0.2, 0.25) is 5.15 Å². The van der Waals surface area contributed by atoms with Crippen molar-refractivity contribution in [2.75, 3.05) is 27.2 Å². The SMILES string of the molecule is CN(C)C1CCCN(Cc2nc(Cl)c3cnn(C)c3n2)C1. The first-order valence-corrected chi connectivity index (χ1v) is 7.65. The highest BCUT2D eigenvalue weighted by Crippen LogP contribution is 2.21. The van der Waals surface area contributed by atoms with E-state index in [-0.39, 0.29) is 0 Å². The molecule has 2 aromatic heterocycles. The molecule has 0 radical (unpaired) electrons. The van der Waals surface area contributed by atoms with Gasteiger partial charge in [-0.2, -0.15) is 5.10 Å². The molecule has 1 aliphatic rings. The molecule has 114 valence electrons. The molecular formula is C14H21ClN6. The Hall–Kier alpha value is -1.24. The number of halogens is 1. The molecule has 1 aliphatic heterocycles. The van der Waals surface area contributed by atoms with Gasteiger partial charge >= 0.3 is 0 Å². The van der Waals surface area contributed by atoms with Gasteiger partial charge in [0.05, 0.1) is 18.1 Å². The molecular weight excluding hydrogens is 288 g/mol. The summed E-state index contributed by atoms with van der Waals surface area (Å²) < 4.78 is 1.74. The highest BCUT2D eigenvalue weighted by atomic mass is 35.5. The van der Waals surface area contributed by atoms with Gasteiger partial charge in [-0.3, -0.25) is 9.58 Å². The van der Waals surface area contributed by atoms with Crippen molar-refractivity contribution in [2.45, 2.75) is 25.4 Å². The molecule has 1 fully saturated rings. The quantitative estimate of drug-likeness (QED) is 0.805. The van der Waals surface area contributed by atoms with Crippen LogP contribution >= 0.6 is 11.6 Å². The summed E-state index contributed by atoms with van der Waals surface area (Å²) in [6.07, 6.45) is 4.18. The van der Waals surface area contributed by atoms with Crippen LogP contribution in [0.15, 0.2) is 6.20 Å². The highest BCUT2D eigenvalue weighted by Gasteiger charge is 2.22. The molecule has 0 saturated carbocycles. The van der Waals surface area contributed by atoms with Crippen molar-refractivity contribution in [1.82, 2.24) is 29.5 Å². The van der Waals surface area contributed by atoms with Gasteiger partial charge in [-0.15, -0.1) is 0 Å². The van der Waals surface area contributed by atoms with Crippen LogP contribution < -0.4 is 0 Å². The van der Waals surface area contributed by atoms with Crippen molar-refractivity contribution in [3.05, 3.63) is 17.2 Å². The Bertz CT molecular complexity index is 638. The van der Waals surface area contributed by atoms with E-state index in [1.54, 1.807) is 10.9 Å². The Balaban J connectivity index is 1.79. The van der Waals surface area contributed by atoms with Crippen LogP contribution in [-0.4, -0.2) is 62.8 Å². The summed E-state index contributed by atoms with van der Waals surface area (Å²) in [5.74, 6) is 0.774. The maximum Gasteiger partial charge on any atom is 0.162 e. The average Bonchev–Trinajstić information content (AvgIpc) is 2.81. The summed E-state index contributed by atoms with van der Waals surface area (Å²) in [6, 6.07) is 0.606. The number of nitrogens with zero attached hydrogens (tertiary/aromatic N) is 6. The standard InChI is InChI=1S/C14H21ClN6/c1-19(2)10-5-4-6-21(8-10)9-12-17-13(15)11-7-16-20(3)14(11)18-12/h7,10H,4-6,8-9H2,1-3H3. The van der Waals surface area contributed by atoms with Gasteiger partial charge < -0.3 is 4.90 Å². The monoisotopic (exact) mass is 308 g/mol. The Kier molecular flexibility index (Phi) is 4.10. The summed E-state index contributed by atoms with van der Waals surface area (Å²) in [4.78, 5) is 13.7. The molecule has 0 aromatic carbocycles. The molecule has 0 N–H and O–H groups in total. The minimum absolute atomic E-state index is 0.490. The molecule has 1 unspecified atom stereocenters. The number of piperidine rings is 1. The lowest BCUT2D eigenvalue weighted by molar-refractivity contribution is 0.125. The Morgan fingerprint density at radius 1 is 1.38 bits per heavy atom. The summed E-state index contributed by atoms with van der Waals surface area (Å²) in [7, 11) is 6.16. The van der Waals surface area contributed by atoms with Gasteiger partial charge in [-0.05, 0) is 33.5 Å². The fourth-order valence-corrected chi connectivity index (χ4v) is 3.13. The largest absolute Gasteiger partial charge is 0.305 e. The summed E-state index contributed by atoms with van der Waals surface area (Å²) in [5, 5.41) is 5.49. The first-order chi connectivity index (χ1) is 10.0. The van der Waals surface area contributed by atoms with E-state index in [1.165, 1.54) is 12.8 Å². The number of likely N-dealkylation sites (tertiary alicyclic amines) is 1. The van der Waals surface area contributed by atoms with Crippen molar-refractivity contribution in [3.8, 4) is 0 Å². The Morgan fingerprint density at radius 3 is 2.95 bits per heavy atom. The summed E-state index contributed by atoms with van der Waals surface area (Å²) in [6.45, 7) is 2.89. The van der Waals surface area contributed by atoms with Crippen LogP contribution in [0.5, 0.6) is 0 Å². The predicted molar refractivity (Wildman–Crippen MR) is 83.3 cm³/mol. The third-order valence-electron chi connectivity index (χ3n) is 4.17. The van der Waals surface area contributed by atoms with Gasteiger partial charge in [-0.25, -0.2) is 9.97 Å². The van der Waals surface area contributed by atoms with Gasteiger partial charge in [0.25, 0.3) is 0 Å². The summed E-state index contributed by atoms with van der Waals surface area (Å²) >= 11 is 6.24. The van der Waals surface area contributed by atoms with Crippen molar-refractivity contribution in [3.63, 3.8) is 0 Å². The van der Waals surface area contributed by atoms with Gasteiger partial charge in [0.1, 0.15) is 11.0 Å². The number of hydrogen-bond acceptors (Lipinski definition) is 5. The molecule has 2 aromatic rings. The third-order valence-corrected chi connectivity index (χ3v) is 4.46. The highest BCUT2D eigenvalue weighted by molar-refractivity contribution is 6.33. The van der Waals surface area contributed by atoms with Crippen LogP contribution in [0, 0.1) is 0 Å². The molecule has 21 heavy (non-hydrogen) atoms. The zero-order chi connectivity index (χ0) is 15.0. The lowest BCUT2D eigenvalue weighted by Gasteiger charge is -2.35. The Morgan fingerprint density at radius 2 is 2.19 bits per heavy atom. The van der Waals surface area contributed by atoms with E-state index in [9.17, 15) is 0 Å². The smallest absolute Gasteiger partial charge is 0.162 e. The number of hydrogen-bond donors (Lipinski definition) is 0. The number of aryl methyl sites for hydroxylation is 1. The number of likely N-dealkylation sites (N-methyl/N-ethyl adjacent to an activating group) is 1. The molecule has 1 atom stereocenters. The zero-order valence-corrected chi connectivity index (χ0v) is 13.5. The molecule has 0 amide bonds. The fraction of sp³-hybridized carbons (Fsp3) is 0.643. The van der Waals surface area contributed by atoms with Crippen LogP contribution in [0.1, 0.15) is 18.7 Å². The second-order valence-corrected chi connectivity index (χ2v) is 6.29. The minimum Gasteiger partial charge on any atom is -0.305 e. The van der Waals surface area contributed by atoms with Gasteiger partial charge in [-0.1, -0.05) is 11.6 Å². The lowest BCUT2D eigenvalue weighted by atomic mass is 10.1. The van der Waals surface area contributed by atoms with Crippen molar-refractivity contribution in [1.29, 1.82) is 0 Å². The Labute approximate surface area is 129 Å². The van der Waals surface area contributed by atoms with Crippen molar-refractivity contribution < 1.29 is 0 Å². The molecule has 6 nitrogen and oxygen atoms in total. The van der Waals surface area contributed by atoms with Gasteiger partial charge in [0.2, 0.25) is 0 Å². The summed E-state index contributed by atoms with van der Waals surface area (Å²) in [5.41, 5.74) is 0.797. The van der Waals surface area contributed by atoms with Gasteiger partial charge in [0.15, 0.2) is 5.65 Å². The van der Waals surface area contributed by atoms with E-state index in [2.05, 4.69) is 39.0 Å². The van der Waals surface area contributed by atoms with E-state index < -0.39 is 0 Å². The molecule has 3 rings (SSSR count). The molecule has 0 spiro atoms. The minimum atomic E-state index is 0.490. The number of aromatic nitrogens is 4. The molecule has 0 aliphatic carbocycles. The normalized spacial score (nSPS) is 20.5. The maximum atomic E-state index is 6.24. The van der Waals surface area contributed by atoms with E-state index in [0.29, 0.717) is 11.2 Å². The number of rotatable bonds is 3. The van der Waals surface area contributed by atoms with E-state index in [0.717, 1.165) is 36.5 Å². The first-order valence-electron chi connectivity index (χ1n) is 7.27. The first kappa shape index (κ1) is 14.7. The topological polar surface area (TPSA) is 50.1 Å². The van der Waals surface area contributed by atoms with Gasteiger partial charge in [0, 0.05) is 19.6 Å². The molecule has 3 heterocycles. The maximum absolute atomic E-state index is 6.24. The predicted octanol–water partition coefficient (Wildman–Crippen LogP) is 1.54. The fourth-order valence-electron chi connectivity index (χ4n) is 2.90.